The summed E-state index contributed by atoms with van der Waals surface area (Å²) >= 11 is 0. The van der Waals surface area contributed by atoms with E-state index < -0.39 is 13.9 Å². The third kappa shape index (κ3) is 40.8. The lowest BCUT2D eigenvalue weighted by Crippen LogP contribution is -2.27. The molecule has 0 aliphatic rings. The Morgan fingerprint density at radius 3 is 1.43 bits per heavy atom. The molecule has 0 heterocycles. The molecular formula is C41H75O7P. The first-order valence-corrected chi connectivity index (χ1v) is 21.5. The lowest BCUT2D eigenvalue weighted by molar-refractivity contribution is -0.149. The minimum absolute atomic E-state index is 0.0747. The maximum Gasteiger partial charge on any atom is 0.469 e. The molecule has 2 N–H and O–H groups in total. The maximum atomic E-state index is 12.2. The molecule has 0 aromatic rings. The first-order valence-electron chi connectivity index (χ1n) is 20.0. The minimum atomic E-state index is -4.63. The largest absolute Gasteiger partial charge is 0.469 e. The van der Waals surface area contributed by atoms with E-state index >= 15 is 0 Å². The van der Waals surface area contributed by atoms with Crippen molar-refractivity contribution < 1.29 is 33.1 Å². The zero-order chi connectivity index (χ0) is 35.9. The summed E-state index contributed by atoms with van der Waals surface area (Å²) < 4.78 is 26.9. The summed E-state index contributed by atoms with van der Waals surface area (Å²) in [6, 6.07) is 0. The van der Waals surface area contributed by atoms with Gasteiger partial charge in [0, 0.05) is 13.0 Å². The first kappa shape index (κ1) is 47.5. The van der Waals surface area contributed by atoms with Gasteiger partial charge in [-0.3, -0.25) is 9.32 Å². The molecule has 0 aromatic carbocycles. The van der Waals surface area contributed by atoms with E-state index in [1.165, 1.54) is 103 Å². The molecule has 8 heteroatoms. The molecule has 0 saturated carbocycles. The molecule has 0 rings (SSSR count). The van der Waals surface area contributed by atoms with Crippen LogP contribution in [0, 0.1) is 0 Å². The Kier molecular flexibility index (Phi) is 36.6. The normalized spacial score (nSPS) is 13.1. The second-order valence-corrected chi connectivity index (χ2v) is 14.5. The highest BCUT2D eigenvalue weighted by Crippen LogP contribution is 2.35. The summed E-state index contributed by atoms with van der Waals surface area (Å²) in [6.45, 7) is 4.49. The number of allylic oxidation sites excluding steroid dienone is 8. The topological polar surface area (TPSA) is 102 Å². The van der Waals surface area contributed by atoms with Crippen molar-refractivity contribution in [3.05, 3.63) is 48.6 Å². The van der Waals surface area contributed by atoms with Crippen LogP contribution in [0.5, 0.6) is 0 Å². The summed E-state index contributed by atoms with van der Waals surface area (Å²) in [5.41, 5.74) is 0. The second-order valence-electron chi connectivity index (χ2n) is 13.2. The summed E-state index contributed by atoms with van der Waals surface area (Å²) in [5.74, 6) is -0.306. The van der Waals surface area contributed by atoms with E-state index in [1.54, 1.807) is 0 Å². The Balaban J connectivity index is 3.90. The van der Waals surface area contributed by atoms with Crippen LogP contribution < -0.4 is 0 Å². The van der Waals surface area contributed by atoms with Crippen LogP contribution in [-0.2, 0) is 23.4 Å². The lowest BCUT2D eigenvalue weighted by Gasteiger charge is -2.18. The molecule has 0 amide bonds. The number of hydrogen-bond donors (Lipinski definition) is 2. The molecule has 0 spiro atoms. The van der Waals surface area contributed by atoms with E-state index in [9.17, 15) is 9.36 Å². The maximum absolute atomic E-state index is 12.2. The number of carbonyl (C=O) groups excluding carboxylic acids is 1. The number of phosphoric acid groups is 1. The Morgan fingerprint density at radius 1 is 0.551 bits per heavy atom. The van der Waals surface area contributed by atoms with Crippen LogP contribution in [-0.4, -0.2) is 41.7 Å². The van der Waals surface area contributed by atoms with Crippen LogP contribution in [0.15, 0.2) is 48.6 Å². The van der Waals surface area contributed by atoms with Crippen LogP contribution >= 0.6 is 7.82 Å². The molecule has 1 atom stereocenters. The van der Waals surface area contributed by atoms with Crippen LogP contribution in [0.2, 0.25) is 0 Å². The SMILES string of the molecule is CCCCC/C=C\C/C=C\C/C=C\C/C=C\CCCCO[C@H](COC(=O)CCCCCCCCCCCCCCCCC)COP(=O)(O)O. The number of phosphoric ester groups is 1. The van der Waals surface area contributed by atoms with Crippen molar-refractivity contribution in [2.24, 2.45) is 0 Å². The minimum Gasteiger partial charge on any atom is -0.463 e. The number of rotatable bonds is 37. The molecule has 0 fully saturated rings. The van der Waals surface area contributed by atoms with Gasteiger partial charge in [-0.25, -0.2) is 4.57 Å². The molecule has 0 aromatic heterocycles. The van der Waals surface area contributed by atoms with E-state index in [1.807, 2.05) is 0 Å². The quantitative estimate of drug-likeness (QED) is 0.0286. The van der Waals surface area contributed by atoms with Gasteiger partial charge in [0.1, 0.15) is 12.7 Å². The predicted octanol–water partition coefficient (Wildman–Crippen LogP) is 12.4. The van der Waals surface area contributed by atoms with E-state index in [4.69, 9.17) is 19.3 Å². The van der Waals surface area contributed by atoms with Crippen LogP contribution in [0.25, 0.3) is 0 Å². The fourth-order valence-electron chi connectivity index (χ4n) is 5.40. The van der Waals surface area contributed by atoms with Gasteiger partial charge in [0.05, 0.1) is 6.61 Å². The molecule has 0 radical (unpaired) electrons. The monoisotopic (exact) mass is 711 g/mol. The van der Waals surface area contributed by atoms with E-state index in [0.717, 1.165) is 57.8 Å². The van der Waals surface area contributed by atoms with E-state index in [2.05, 4.69) is 67.0 Å². The molecule has 0 aliphatic heterocycles. The van der Waals surface area contributed by atoms with Gasteiger partial charge in [0.15, 0.2) is 0 Å². The molecule has 0 aliphatic carbocycles. The highest BCUT2D eigenvalue weighted by atomic mass is 31.2. The van der Waals surface area contributed by atoms with Gasteiger partial charge in [-0.1, -0.05) is 165 Å². The number of unbranched alkanes of at least 4 members (excludes halogenated alkanes) is 19. The van der Waals surface area contributed by atoms with Crippen molar-refractivity contribution in [2.45, 2.75) is 187 Å². The van der Waals surface area contributed by atoms with Gasteiger partial charge >= 0.3 is 13.8 Å². The van der Waals surface area contributed by atoms with Crippen LogP contribution in [0.3, 0.4) is 0 Å². The summed E-state index contributed by atoms with van der Waals surface area (Å²) in [6.07, 6.45) is 46.9. The summed E-state index contributed by atoms with van der Waals surface area (Å²) in [5, 5.41) is 0. The Bertz CT molecular complexity index is 877. The molecule has 0 bridgehead atoms. The molecular weight excluding hydrogens is 635 g/mol. The third-order valence-corrected chi connectivity index (χ3v) is 8.90. The fraction of sp³-hybridized carbons (Fsp3) is 0.780. The van der Waals surface area contributed by atoms with Gasteiger partial charge in [-0.2, -0.15) is 0 Å². The van der Waals surface area contributed by atoms with Gasteiger partial charge in [0.2, 0.25) is 0 Å². The Labute approximate surface area is 301 Å². The number of carbonyl (C=O) groups is 1. The number of ether oxygens (including phenoxy) is 2. The predicted molar refractivity (Wildman–Crippen MR) is 207 cm³/mol. The standard InChI is InChI=1S/C41H75O7P/c1-3-5-7-9-11-13-15-17-19-20-21-23-25-27-29-31-33-35-37-46-40(39-48-49(43,44)45)38-47-41(42)36-34-32-30-28-26-24-22-18-16-14-12-10-8-6-4-2/h11,13,17,19,21,23,27,29,40H,3-10,12,14-16,18,20,22,24-26,28,30-39H2,1-2H3,(H2,43,44,45)/b13-11-,19-17-,23-21-,29-27-/t40-/m1/s1. The zero-order valence-electron chi connectivity index (χ0n) is 31.6. The molecule has 0 unspecified atom stereocenters. The Morgan fingerprint density at radius 2 is 0.959 bits per heavy atom. The van der Waals surface area contributed by atoms with Crippen molar-refractivity contribution in [3.8, 4) is 0 Å². The Hall–Kier alpha value is -1.50. The van der Waals surface area contributed by atoms with Crippen molar-refractivity contribution >= 4 is 13.8 Å². The van der Waals surface area contributed by atoms with E-state index in [-0.39, 0.29) is 19.2 Å². The van der Waals surface area contributed by atoms with E-state index in [0.29, 0.717) is 13.0 Å². The number of esters is 1. The second kappa shape index (κ2) is 37.7. The van der Waals surface area contributed by atoms with Gasteiger partial charge in [0.25, 0.3) is 0 Å². The molecule has 49 heavy (non-hydrogen) atoms. The van der Waals surface area contributed by atoms with Crippen molar-refractivity contribution in [3.63, 3.8) is 0 Å². The third-order valence-electron chi connectivity index (χ3n) is 8.42. The highest BCUT2D eigenvalue weighted by molar-refractivity contribution is 7.46. The average Bonchev–Trinajstić information content (AvgIpc) is 3.07. The van der Waals surface area contributed by atoms with Crippen LogP contribution in [0.4, 0.5) is 0 Å². The van der Waals surface area contributed by atoms with Crippen molar-refractivity contribution in [1.82, 2.24) is 0 Å². The zero-order valence-corrected chi connectivity index (χ0v) is 32.5. The smallest absolute Gasteiger partial charge is 0.463 e. The summed E-state index contributed by atoms with van der Waals surface area (Å²) in [7, 11) is -4.63. The van der Waals surface area contributed by atoms with Gasteiger partial charge in [-0.05, 0) is 57.8 Å². The average molecular weight is 711 g/mol. The number of hydrogen-bond acceptors (Lipinski definition) is 5. The molecule has 7 nitrogen and oxygen atoms in total. The van der Waals surface area contributed by atoms with Crippen molar-refractivity contribution in [1.29, 1.82) is 0 Å². The molecule has 286 valence electrons. The van der Waals surface area contributed by atoms with Crippen LogP contribution in [0.1, 0.15) is 181 Å². The molecule has 0 saturated heterocycles. The van der Waals surface area contributed by atoms with Gasteiger partial charge in [-0.15, -0.1) is 0 Å². The summed E-state index contributed by atoms with van der Waals surface area (Å²) in [4.78, 5) is 30.4. The first-order chi connectivity index (χ1) is 23.9. The van der Waals surface area contributed by atoms with Gasteiger partial charge < -0.3 is 19.3 Å². The van der Waals surface area contributed by atoms with Crippen molar-refractivity contribution in [2.75, 3.05) is 19.8 Å². The highest BCUT2D eigenvalue weighted by Gasteiger charge is 2.20. The fourth-order valence-corrected chi connectivity index (χ4v) is 5.76. The lowest BCUT2D eigenvalue weighted by atomic mass is 10.0.